The second kappa shape index (κ2) is 12.0. The molecule has 198 valence electrons. The van der Waals surface area contributed by atoms with E-state index in [0.29, 0.717) is 22.7 Å². The van der Waals surface area contributed by atoms with E-state index in [1.54, 1.807) is 12.1 Å². The molecule has 6 heteroatoms. The average Bonchev–Trinajstić information content (AvgIpc) is 2.94. The zero-order chi connectivity index (χ0) is 27.8. The van der Waals surface area contributed by atoms with E-state index in [-0.39, 0.29) is 5.41 Å². The van der Waals surface area contributed by atoms with Crippen LogP contribution in [0.5, 0.6) is 23.0 Å². The lowest BCUT2D eigenvalue weighted by atomic mass is 9.78. The molecule has 0 radical (unpaired) electrons. The third kappa shape index (κ3) is 7.23. The number of hydrogen-bond donors (Lipinski definition) is 4. The van der Waals surface area contributed by atoms with Gasteiger partial charge in [0.05, 0.1) is 11.4 Å². The van der Waals surface area contributed by atoms with E-state index in [1.165, 1.54) is 11.1 Å². The number of anilines is 4. The Bertz CT molecular complexity index is 1370. The Morgan fingerprint density at radius 2 is 0.692 bits per heavy atom. The minimum Gasteiger partial charge on any atom is -0.457 e. The van der Waals surface area contributed by atoms with Gasteiger partial charge in [-0.05, 0) is 96.1 Å². The van der Waals surface area contributed by atoms with Crippen molar-refractivity contribution in [1.82, 2.24) is 0 Å². The van der Waals surface area contributed by atoms with Gasteiger partial charge in [-0.2, -0.15) is 0 Å². The first kappa shape index (κ1) is 26.9. The van der Waals surface area contributed by atoms with Crippen molar-refractivity contribution in [2.45, 2.75) is 19.3 Å². The van der Waals surface area contributed by atoms with E-state index in [4.69, 9.17) is 32.4 Å². The average molecular weight is 519 g/mol. The van der Waals surface area contributed by atoms with Gasteiger partial charge in [0.15, 0.2) is 0 Å². The summed E-state index contributed by atoms with van der Waals surface area (Å²) in [5.41, 5.74) is 27.2. The molecule has 0 atom stereocenters. The highest BCUT2D eigenvalue weighted by Crippen LogP contribution is 2.34. The summed E-state index contributed by atoms with van der Waals surface area (Å²) >= 11 is 0. The van der Waals surface area contributed by atoms with Crippen molar-refractivity contribution in [3.8, 4) is 23.0 Å². The molecule has 0 saturated heterocycles. The van der Waals surface area contributed by atoms with Gasteiger partial charge < -0.3 is 32.4 Å². The maximum absolute atomic E-state index is 5.91. The van der Waals surface area contributed by atoms with E-state index in [0.717, 1.165) is 23.0 Å². The van der Waals surface area contributed by atoms with Gasteiger partial charge in [0.2, 0.25) is 0 Å². The Balaban J connectivity index is 0.000000379. The summed E-state index contributed by atoms with van der Waals surface area (Å²) in [5, 5.41) is 0. The van der Waals surface area contributed by atoms with Crippen LogP contribution in [0.25, 0.3) is 0 Å². The Hall–Kier alpha value is -5.10. The fourth-order valence-electron chi connectivity index (χ4n) is 3.90. The zero-order valence-electron chi connectivity index (χ0n) is 22.2. The first-order valence-corrected chi connectivity index (χ1v) is 12.6. The predicted octanol–water partition coefficient (Wildman–Crippen LogP) is 7.61. The molecular weight excluding hydrogens is 484 g/mol. The lowest BCUT2D eigenvalue weighted by Gasteiger charge is -2.26. The number of para-hydroxylation sites is 2. The quantitative estimate of drug-likeness (QED) is 0.172. The molecule has 0 aliphatic carbocycles. The van der Waals surface area contributed by atoms with Crippen molar-refractivity contribution in [1.29, 1.82) is 0 Å². The molecule has 5 rings (SSSR count). The minimum absolute atomic E-state index is 0.167. The standard InChI is InChI=1S/C27H26N2O2.C6H8N2/c1-27(2,19-3-11-23(12-4-19)30-25-15-7-21(28)8-16-25)20-5-13-24(14-6-20)31-26-17-9-22(29)10-18-26;7-5-3-1-2-4-6(5)8/h3-18H,28-29H2,1-2H3;1-4H,7-8H2. The number of nitrogen functional groups attached to an aromatic ring is 4. The molecule has 8 N–H and O–H groups in total. The molecule has 39 heavy (non-hydrogen) atoms. The van der Waals surface area contributed by atoms with Crippen LogP contribution in [0.15, 0.2) is 121 Å². The topological polar surface area (TPSA) is 123 Å². The van der Waals surface area contributed by atoms with Crippen molar-refractivity contribution in [2.24, 2.45) is 0 Å². The fraction of sp³-hybridized carbons (Fsp3) is 0.0909. The SMILES string of the molecule is CC(C)(c1ccc(Oc2ccc(N)cc2)cc1)c1ccc(Oc2ccc(N)cc2)cc1.Nc1ccccc1N. The molecule has 0 fully saturated rings. The number of ether oxygens (including phenoxy) is 2. The molecule has 5 aromatic carbocycles. The van der Waals surface area contributed by atoms with Crippen LogP contribution < -0.4 is 32.4 Å². The molecule has 0 amide bonds. The van der Waals surface area contributed by atoms with Crippen LogP contribution >= 0.6 is 0 Å². The third-order valence-electron chi connectivity index (χ3n) is 6.38. The summed E-state index contributed by atoms with van der Waals surface area (Å²) in [7, 11) is 0. The Kier molecular flexibility index (Phi) is 8.27. The molecule has 0 bridgehead atoms. The Morgan fingerprint density at radius 1 is 0.410 bits per heavy atom. The second-order valence-electron chi connectivity index (χ2n) is 9.64. The number of nitrogens with two attached hydrogens (primary N) is 4. The number of hydrogen-bond acceptors (Lipinski definition) is 6. The van der Waals surface area contributed by atoms with Gasteiger partial charge in [0.25, 0.3) is 0 Å². The Labute approximate surface area is 229 Å². The molecule has 6 nitrogen and oxygen atoms in total. The van der Waals surface area contributed by atoms with Crippen LogP contribution in [0.4, 0.5) is 22.7 Å². The highest BCUT2D eigenvalue weighted by atomic mass is 16.5. The van der Waals surface area contributed by atoms with Crippen molar-refractivity contribution in [3.05, 3.63) is 132 Å². The maximum Gasteiger partial charge on any atom is 0.127 e. The highest BCUT2D eigenvalue weighted by Gasteiger charge is 2.23. The van der Waals surface area contributed by atoms with Crippen LogP contribution in [0.3, 0.4) is 0 Å². The van der Waals surface area contributed by atoms with Crippen LogP contribution in [0.1, 0.15) is 25.0 Å². The van der Waals surface area contributed by atoms with Gasteiger partial charge in [0, 0.05) is 16.8 Å². The summed E-state index contributed by atoms with van der Waals surface area (Å²) in [6, 6.07) is 38.4. The highest BCUT2D eigenvalue weighted by molar-refractivity contribution is 5.62. The number of rotatable bonds is 6. The van der Waals surface area contributed by atoms with Gasteiger partial charge in [-0.15, -0.1) is 0 Å². The smallest absolute Gasteiger partial charge is 0.127 e. The monoisotopic (exact) mass is 518 g/mol. The maximum atomic E-state index is 5.91. The molecule has 0 spiro atoms. The fourth-order valence-corrected chi connectivity index (χ4v) is 3.90. The number of benzene rings is 5. The summed E-state index contributed by atoms with van der Waals surface area (Å²) in [5.74, 6) is 3.10. The lowest BCUT2D eigenvalue weighted by molar-refractivity contribution is 0.481. The van der Waals surface area contributed by atoms with Crippen LogP contribution in [-0.4, -0.2) is 0 Å². The molecule has 0 unspecified atom stereocenters. The van der Waals surface area contributed by atoms with Crippen molar-refractivity contribution in [2.75, 3.05) is 22.9 Å². The van der Waals surface area contributed by atoms with Crippen LogP contribution in [-0.2, 0) is 5.41 Å². The molecular formula is C33H34N4O2. The van der Waals surface area contributed by atoms with E-state index in [1.807, 2.05) is 84.9 Å². The molecule has 5 aromatic rings. The van der Waals surface area contributed by atoms with Crippen molar-refractivity contribution >= 4 is 22.7 Å². The molecule has 0 aromatic heterocycles. The first-order chi connectivity index (χ1) is 18.7. The predicted molar refractivity (Wildman–Crippen MR) is 162 cm³/mol. The largest absolute Gasteiger partial charge is 0.457 e. The molecule has 0 aliphatic rings. The van der Waals surface area contributed by atoms with Gasteiger partial charge in [-0.25, -0.2) is 0 Å². The molecule has 0 aliphatic heterocycles. The van der Waals surface area contributed by atoms with Crippen LogP contribution in [0, 0.1) is 0 Å². The van der Waals surface area contributed by atoms with E-state index in [2.05, 4.69) is 38.1 Å². The normalized spacial score (nSPS) is 10.7. The minimum atomic E-state index is -0.167. The summed E-state index contributed by atoms with van der Waals surface area (Å²) in [4.78, 5) is 0. The first-order valence-electron chi connectivity index (χ1n) is 12.6. The molecule has 0 heterocycles. The zero-order valence-corrected chi connectivity index (χ0v) is 22.2. The van der Waals surface area contributed by atoms with Gasteiger partial charge in [-0.1, -0.05) is 50.2 Å². The lowest BCUT2D eigenvalue weighted by Crippen LogP contribution is -2.18. The molecule has 0 saturated carbocycles. The summed E-state index contributed by atoms with van der Waals surface area (Å²) in [6.07, 6.45) is 0. The summed E-state index contributed by atoms with van der Waals surface area (Å²) in [6.45, 7) is 4.41. The summed E-state index contributed by atoms with van der Waals surface area (Å²) < 4.78 is 11.8. The van der Waals surface area contributed by atoms with E-state index in [9.17, 15) is 0 Å². The van der Waals surface area contributed by atoms with Crippen LogP contribution in [0.2, 0.25) is 0 Å². The van der Waals surface area contributed by atoms with E-state index < -0.39 is 0 Å². The van der Waals surface area contributed by atoms with Gasteiger partial charge in [0.1, 0.15) is 23.0 Å². The van der Waals surface area contributed by atoms with Gasteiger partial charge >= 0.3 is 0 Å². The van der Waals surface area contributed by atoms with Gasteiger partial charge in [-0.3, -0.25) is 0 Å². The van der Waals surface area contributed by atoms with Crippen molar-refractivity contribution in [3.63, 3.8) is 0 Å². The Morgan fingerprint density at radius 3 is 0.974 bits per heavy atom. The van der Waals surface area contributed by atoms with E-state index >= 15 is 0 Å². The van der Waals surface area contributed by atoms with Crippen molar-refractivity contribution < 1.29 is 9.47 Å². The second-order valence-corrected chi connectivity index (χ2v) is 9.64. The third-order valence-corrected chi connectivity index (χ3v) is 6.38.